The molecule has 33 heavy (non-hydrogen) atoms. The molecular weight excluding hydrogens is 432 g/mol. The monoisotopic (exact) mass is 454 g/mol. The van der Waals surface area contributed by atoms with Crippen molar-refractivity contribution in [2.45, 2.75) is 31.3 Å². The standard InChI is InChI=1S/C26H22N4O2S/c1-17-10-11-22-21(13-23(31)32-24(22)18(17)2)16-33-26-29-28-25(20-9-6-12-27-14-20)30(26)15-19-7-4-3-5-8-19/h3-14H,15-16H2,1-2H3. The minimum absolute atomic E-state index is 0.339. The van der Waals surface area contributed by atoms with Gasteiger partial charge in [-0.05, 0) is 48.2 Å². The van der Waals surface area contributed by atoms with Gasteiger partial charge in [0.15, 0.2) is 11.0 Å². The molecule has 0 atom stereocenters. The molecule has 5 aromatic rings. The Morgan fingerprint density at radius 1 is 1.00 bits per heavy atom. The Labute approximate surface area is 195 Å². The number of pyridine rings is 1. The molecule has 164 valence electrons. The van der Waals surface area contributed by atoms with E-state index in [1.54, 1.807) is 30.2 Å². The minimum atomic E-state index is -0.339. The van der Waals surface area contributed by atoms with Crippen molar-refractivity contribution in [3.05, 3.63) is 106 Å². The summed E-state index contributed by atoms with van der Waals surface area (Å²) in [7, 11) is 0. The molecule has 0 amide bonds. The van der Waals surface area contributed by atoms with Gasteiger partial charge in [-0.2, -0.15) is 0 Å². The van der Waals surface area contributed by atoms with Crippen LogP contribution in [0.4, 0.5) is 0 Å². The lowest BCUT2D eigenvalue weighted by molar-refractivity contribution is 0.557. The average molecular weight is 455 g/mol. The summed E-state index contributed by atoms with van der Waals surface area (Å²) in [5.41, 5.74) is 5.38. The van der Waals surface area contributed by atoms with Crippen molar-refractivity contribution < 1.29 is 4.42 Å². The van der Waals surface area contributed by atoms with E-state index in [1.807, 2.05) is 50.2 Å². The van der Waals surface area contributed by atoms with Gasteiger partial charge in [0.2, 0.25) is 0 Å². The van der Waals surface area contributed by atoms with Crippen molar-refractivity contribution in [2.24, 2.45) is 0 Å². The van der Waals surface area contributed by atoms with Gasteiger partial charge in [-0.3, -0.25) is 9.55 Å². The third-order valence-corrected chi connectivity index (χ3v) is 6.71. The number of aryl methyl sites for hydroxylation is 2. The van der Waals surface area contributed by atoms with Crippen LogP contribution in [-0.2, 0) is 12.3 Å². The van der Waals surface area contributed by atoms with E-state index >= 15 is 0 Å². The summed E-state index contributed by atoms with van der Waals surface area (Å²) >= 11 is 1.56. The first-order valence-electron chi connectivity index (χ1n) is 10.6. The normalized spacial score (nSPS) is 11.2. The van der Waals surface area contributed by atoms with Crippen LogP contribution in [-0.4, -0.2) is 19.7 Å². The highest BCUT2D eigenvalue weighted by Gasteiger charge is 2.17. The molecule has 0 N–H and O–H groups in total. The number of fused-ring (bicyclic) bond motifs is 1. The second kappa shape index (κ2) is 9.03. The van der Waals surface area contributed by atoms with Crippen LogP contribution in [0.25, 0.3) is 22.4 Å². The number of aromatic nitrogens is 4. The summed E-state index contributed by atoms with van der Waals surface area (Å²) in [5.74, 6) is 1.34. The number of hydrogen-bond acceptors (Lipinski definition) is 6. The molecule has 0 saturated heterocycles. The van der Waals surface area contributed by atoms with Crippen molar-refractivity contribution in [3.8, 4) is 11.4 Å². The molecule has 0 aliphatic heterocycles. The molecule has 0 unspecified atom stereocenters. The highest BCUT2D eigenvalue weighted by atomic mass is 32.2. The Bertz CT molecular complexity index is 1480. The predicted molar refractivity (Wildman–Crippen MR) is 130 cm³/mol. The van der Waals surface area contributed by atoms with Crippen molar-refractivity contribution >= 4 is 22.7 Å². The quantitative estimate of drug-likeness (QED) is 0.252. The summed E-state index contributed by atoms with van der Waals surface area (Å²) < 4.78 is 7.62. The zero-order valence-corrected chi connectivity index (χ0v) is 19.2. The summed E-state index contributed by atoms with van der Waals surface area (Å²) in [6.07, 6.45) is 3.54. The molecule has 0 bridgehead atoms. The SMILES string of the molecule is Cc1ccc2c(CSc3nnc(-c4cccnc4)n3Cc3ccccc3)cc(=O)oc2c1C. The van der Waals surface area contributed by atoms with Gasteiger partial charge >= 0.3 is 5.63 Å². The van der Waals surface area contributed by atoms with Crippen LogP contribution in [0, 0.1) is 13.8 Å². The Balaban J connectivity index is 1.52. The van der Waals surface area contributed by atoms with Gasteiger partial charge in [-0.1, -0.05) is 54.2 Å². The van der Waals surface area contributed by atoms with Crippen LogP contribution in [0.15, 0.2) is 87.4 Å². The fourth-order valence-electron chi connectivity index (χ4n) is 3.80. The van der Waals surface area contributed by atoms with Crippen molar-refractivity contribution in [3.63, 3.8) is 0 Å². The Kier molecular flexibility index (Phi) is 5.79. The predicted octanol–water partition coefficient (Wildman–Crippen LogP) is 5.40. The van der Waals surface area contributed by atoms with Gasteiger partial charge in [-0.15, -0.1) is 10.2 Å². The zero-order chi connectivity index (χ0) is 22.8. The molecule has 0 radical (unpaired) electrons. The van der Waals surface area contributed by atoms with E-state index in [0.717, 1.165) is 44.2 Å². The molecule has 3 heterocycles. The van der Waals surface area contributed by atoms with E-state index in [4.69, 9.17) is 4.42 Å². The molecule has 0 aliphatic carbocycles. The molecular formula is C26H22N4O2S. The molecule has 2 aromatic carbocycles. The molecule has 7 heteroatoms. The number of thioether (sulfide) groups is 1. The third-order valence-electron chi connectivity index (χ3n) is 5.69. The molecule has 5 rings (SSSR count). The Hall–Kier alpha value is -3.71. The van der Waals surface area contributed by atoms with Gasteiger partial charge in [-0.25, -0.2) is 4.79 Å². The first-order valence-corrected chi connectivity index (χ1v) is 11.6. The molecule has 3 aromatic heterocycles. The van der Waals surface area contributed by atoms with E-state index in [-0.39, 0.29) is 5.63 Å². The van der Waals surface area contributed by atoms with E-state index < -0.39 is 0 Å². The summed E-state index contributed by atoms with van der Waals surface area (Å²) in [5, 5.41) is 10.7. The van der Waals surface area contributed by atoms with Crippen LogP contribution >= 0.6 is 11.8 Å². The highest BCUT2D eigenvalue weighted by molar-refractivity contribution is 7.98. The van der Waals surface area contributed by atoms with E-state index in [2.05, 4.69) is 37.9 Å². The topological polar surface area (TPSA) is 73.8 Å². The molecule has 6 nitrogen and oxygen atoms in total. The van der Waals surface area contributed by atoms with Gasteiger partial charge < -0.3 is 4.42 Å². The van der Waals surface area contributed by atoms with Gasteiger partial charge in [0, 0.05) is 35.2 Å². The van der Waals surface area contributed by atoms with Gasteiger partial charge in [0.1, 0.15) is 5.58 Å². The molecule has 0 fully saturated rings. The van der Waals surface area contributed by atoms with Crippen LogP contribution in [0.1, 0.15) is 22.3 Å². The highest BCUT2D eigenvalue weighted by Crippen LogP contribution is 2.30. The van der Waals surface area contributed by atoms with Crippen LogP contribution in [0.3, 0.4) is 0 Å². The fraction of sp³-hybridized carbons (Fsp3) is 0.154. The summed E-state index contributed by atoms with van der Waals surface area (Å²) in [6.45, 7) is 4.63. The second-order valence-electron chi connectivity index (χ2n) is 7.88. The number of nitrogens with zero attached hydrogens (tertiary/aromatic N) is 4. The maximum Gasteiger partial charge on any atom is 0.336 e. The first-order chi connectivity index (χ1) is 16.1. The second-order valence-corrected chi connectivity index (χ2v) is 8.83. The van der Waals surface area contributed by atoms with E-state index in [1.165, 1.54) is 0 Å². The van der Waals surface area contributed by atoms with E-state index in [0.29, 0.717) is 17.9 Å². The van der Waals surface area contributed by atoms with Crippen LogP contribution in [0.5, 0.6) is 0 Å². The molecule has 0 saturated carbocycles. The summed E-state index contributed by atoms with van der Waals surface area (Å²) in [6, 6.07) is 19.7. The van der Waals surface area contributed by atoms with Gasteiger partial charge in [0.05, 0.1) is 6.54 Å². The van der Waals surface area contributed by atoms with Crippen LogP contribution in [0.2, 0.25) is 0 Å². The molecule has 0 spiro atoms. The summed E-state index contributed by atoms with van der Waals surface area (Å²) in [4.78, 5) is 16.5. The van der Waals surface area contributed by atoms with Crippen molar-refractivity contribution in [2.75, 3.05) is 0 Å². The fourth-order valence-corrected chi connectivity index (χ4v) is 4.73. The number of rotatable bonds is 6. The average Bonchev–Trinajstić information content (AvgIpc) is 3.23. The Morgan fingerprint density at radius 3 is 2.64 bits per heavy atom. The maximum atomic E-state index is 12.3. The third kappa shape index (κ3) is 4.32. The molecule has 0 aliphatic rings. The zero-order valence-electron chi connectivity index (χ0n) is 18.4. The number of hydrogen-bond donors (Lipinski definition) is 0. The Morgan fingerprint density at radius 2 is 1.85 bits per heavy atom. The lowest BCUT2D eigenvalue weighted by atomic mass is 10.0. The lowest BCUT2D eigenvalue weighted by Crippen LogP contribution is -2.05. The van der Waals surface area contributed by atoms with Gasteiger partial charge in [0.25, 0.3) is 0 Å². The van der Waals surface area contributed by atoms with E-state index in [9.17, 15) is 4.79 Å². The minimum Gasteiger partial charge on any atom is -0.422 e. The first kappa shape index (κ1) is 21.2. The lowest BCUT2D eigenvalue weighted by Gasteiger charge is -2.11. The van der Waals surface area contributed by atoms with Crippen molar-refractivity contribution in [1.29, 1.82) is 0 Å². The maximum absolute atomic E-state index is 12.3. The number of benzene rings is 2. The largest absolute Gasteiger partial charge is 0.422 e. The van der Waals surface area contributed by atoms with Crippen molar-refractivity contribution in [1.82, 2.24) is 19.7 Å². The van der Waals surface area contributed by atoms with Crippen LogP contribution < -0.4 is 5.63 Å². The smallest absolute Gasteiger partial charge is 0.336 e.